The average Bonchev–Trinajstić information content (AvgIpc) is 2.45. The van der Waals surface area contributed by atoms with Crippen LogP contribution in [0.1, 0.15) is 16.2 Å². The summed E-state index contributed by atoms with van der Waals surface area (Å²) in [4.78, 5) is 29.9. The average molecular weight is 273 g/mol. The zero-order chi connectivity index (χ0) is 14.5. The van der Waals surface area contributed by atoms with E-state index in [-0.39, 0.29) is 17.1 Å². The summed E-state index contributed by atoms with van der Waals surface area (Å²) < 4.78 is 0. The minimum atomic E-state index is -0.541. The van der Waals surface area contributed by atoms with E-state index in [2.05, 4.69) is 20.8 Å². The number of para-hydroxylation sites is 2. The van der Waals surface area contributed by atoms with E-state index in [0.29, 0.717) is 5.69 Å². The molecule has 0 spiro atoms. The van der Waals surface area contributed by atoms with Crippen molar-refractivity contribution in [2.45, 2.75) is 6.92 Å². The molecule has 8 heteroatoms. The van der Waals surface area contributed by atoms with E-state index in [1.54, 1.807) is 13.0 Å². The smallest absolute Gasteiger partial charge is 0.292 e. The molecule has 0 saturated carbocycles. The SMILES string of the molecule is Cc1cnc(C(=O)NNc2ccccc2[N+](=O)[O-])cn1. The molecule has 2 aromatic rings. The fourth-order valence-corrected chi connectivity index (χ4v) is 1.44. The molecule has 1 heterocycles. The highest BCUT2D eigenvalue weighted by atomic mass is 16.6. The number of benzene rings is 1. The topological polar surface area (TPSA) is 110 Å². The number of anilines is 1. The molecule has 0 aliphatic rings. The van der Waals surface area contributed by atoms with Crippen molar-refractivity contribution in [3.05, 3.63) is 58.2 Å². The van der Waals surface area contributed by atoms with Gasteiger partial charge in [-0.05, 0) is 13.0 Å². The largest absolute Gasteiger partial charge is 0.294 e. The van der Waals surface area contributed by atoms with Gasteiger partial charge in [0, 0.05) is 12.3 Å². The number of hydrogen-bond donors (Lipinski definition) is 2. The van der Waals surface area contributed by atoms with Crippen molar-refractivity contribution < 1.29 is 9.72 Å². The number of amides is 1. The molecule has 0 saturated heterocycles. The number of aromatic nitrogens is 2. The molecule has 0 unspecified atom stereocenters. The first kappa shape index (κ1) is 13.4. The van der Waals surface area contributed by atoms with E-state index in [1.165, 1.54) is 30.6 Å². The Bertz CT molecular complexity index is 642. The van der Waals surface area contributed by atoms with Gasteiger partial charge in [-0.15, -0.1) is 0 Å². The number of carbonyl (C=O) groups is 1. The number of rotatable bonds is 4. The molecule has 0 aliphatic heterocycles. The highest BCUT2D eigenvalue weighted by Gasteiger charge is 2.13. The van der Waals surface area contributed by atoms with Crippen LogP contribution in [0.3, 0.4) is 0 Å². The van der Waals surface area contributed by atoms with E-state index in [4.69, 9.17) is 0 Å². The maximum absolute atomic E-state index is 11.8. The maximum atomic E-state index is 11.8. The Balaban J connectivity index is 2.07. The van der Waals surface area contributed by atoms with Crippen LogP contribution in [0.4, 0.5) is 11.4 Å². The third kappa shape index (κ3) is 3.05. The first-order valence-electron chi connectivity index (χ1n) is 5.66. The highest BCUT2D eigenvalue weighted by Crippen LogP contribution is 2.22. The van der Waals surface area contributed by atoms with Crippen molar-refractivity contribution in [1.82, 2.24) is 15.4 Å². The van der Waals surface area contributed by atoms with E-state index >= 15 is 0 Å². The summed E-state index contributed by atoms with van der Waals surface area (Å²) in [5.41, 5.74) is 5.68. The molecule has 0 aliphatic carbocycles. The maximum Gasteiger partial charge on any atom is 0.294 e. The second-order valence-corrected chi connectivity index (χ2v) is 3.90. The Hall–Kier alpha value is -3.03. The summed E-state index contributed by atoms with van der Waals surface area (Å²) in [6, 6.07) is 5.98. The number of carbonyl (C=O) groups excluding carboxylic acids is 1. The van der Waals surface area contributed by atoms with E-state index < -0.39 is 10.8 Å². The van der Waals surface area contributed by atoms with Crippen molar-refractivity contribution >= 4 is 17.3 Å². The quantitative estimate of drug-likeness (QED) is 0.644. The van der Waals surface area contributed by atoms with Crippen LogP contribution in [-0.4, -0.2) is 20.8 Å². The molecule has 2 N–H and O–H groups in total. The number of nitro benzene ring substituents is 1. The monoisotopic (exact) mass is 273 g/mol. The van der Waals surface area contributed by atoms with Gasteiger partial charge in [0.15, 0.2) is 0 Å². The lowest BCUT2D eigenvalue weighted by Crippen LogP contribution is -2.30. The number of hydrazine groups is 1. The molecule has 0 bridgehead atoms. The number of nitrogens with one attached hydrogen (secondary N) is 2. The van der Waals surface area contributed by atoms with Crippen molar-refractivity contribution in [2.75, 3.05) is 5.43 Å². The molecule has 0 atom stereocenters. The summed E-state index contributed by atoms with van der Waals surface area (Å²) >= 11 is 0. The molecule has 1 aromatic carbocycles. The van der Waals surface area contributed by atoms with Gasteiger partial charge in [-0.2, -0.15) is 0 Å². The highest BCUT2D eigenvalue weighted by molar-refractivity contribution is 5.92. The third-order valence-electron chi connectivity index (χ3n) is 2.43. The summed E-state index contributed by atoms with van der Waals surface area (Å²) in [5.74, 6) is -0.532. The molecule has 8 nitrogen and oxygen atoms in total. The number of nitro groups is 1. The summed E-state index contributed by atoms with van der Waals surface area (Å²) in [7, 11) is 0. The van der Waals surface area contributed by atoms with Gasteiger partial charge in [-0.25, -0.2) is 4.98 Å². The summed E-state index contributed by atoms with van der Waals surface area (Å²) in [6.45, 7) is 1.75. The van der Waals surface area contributed by atoms with Gasteiger partial charge in [-0.3, -0.25) is 30.7 Å². The first-order valence-corrected chi connectivity index (χ1v) is 5.66. The molecule has 0 fully saturated rings. The zero-order valence-electron chi connectivity index (χ0n) is 10.5. The van der Waals surface area contributed by atoms with Crippen LogP contribution >= 0.6 is 0 Å². The standard InChI is InChI=1S/C12H11N5O3/c1-8-6-14-10(7-13-8)12(18)16-15-9-4-2-3-5-11(9)17(19)20/h2-7,15H,1H3,(H,16,18). The Morgan fingerprint density at radius 3 is 2.65 bits per heavy atom. The fourth-order valence-electron chi connectivity index (χ4n) is 1.44. The Morgan fingerprint density at radius 1 is 1.25 bits per heavy atom. The van der Waals surface area contributed by atoms with Crippen LogP contribution in [0.2, 0.25) is 0 Å². The number of nitrogens with zero attached hydrogens (tertiary/aromatic N) is 3. The zero-order valence-corrected chi connectivity index (χ0v) is 10.5. The van der Waals surface area contributed by atoms with Crippen LogP contribution in [0.15, 0.2) is 36.7 Å². The Morgan fingerprint density at radius 2 is 2.00 bits per heavy atom. The van der Waals surface area contributed by atoms with Gasteiger partial charge in [0.05, 0.1) is 16.8 Å². The predicted octanol–water partition coefficient (Wildman–Crippen LogP) is 1.45. The van der Waals surface area contributed by atoms with Crippen LogP contribution in [0, 0.1) is 17.0 Å². The van der Waals surface area contributed by atoms with Gasteiger partial charge in [0.25, 0.3) is 11.6 Å². The van der Waals surface area contributed by atoms with Crippen molar-refractivity contribution in [3.63, 3.8) is 0 Å². The molecule has 102 valence electrons. The molecule has 0 radical (unpaired) electrons. The third-order valence-corrected chi connectivity index (χ3v) is 2.43. The van der Waals surface area contributed by atoms with Gasteiger partial charge < -0.3 is 0 Å². The summed E-state index contributed by atoms with van der Waals surface area (Å²) in [5, 5.41) is 10.8. The minimum absolute atomic E-state index is 0.113. The van der Waals surface area contributed by atoms with E-state index in [0.717, 1.165) is 0 Å². The number of hydrogen-bond acceptors (Lipinski definition) is 6. The number of aryl methyl sites for hydroxylation is 1. The lowest BCUT2D eigenvalue weighted by Gasteiger charge is -2.08. The molecular weight excluding hydrogens is 262 g/mol. The molecule has 1 aromatic heterocycles. The van der Waals surface area contributed by atoms with E-state index in [9.17, 15) is 14.9 Å². The van der Waals surface area contributed by atoms with Crippen LogP contribution in [0.25, 0.3) is 0 Å². The van der Waals surface area contributed by atoms with Gasteiger partial charge >= 0.3 is 0 Å². The van der Waals surface area contributed by atoms with Crippen LogP contribution in [-0.2, 0) is 0 Å². The fraction of sp³-hybridized carbons (Fsp3) is 0.0833. The molecular formula is C12H11N5O3. The van der Waals surface area contributed by atoms with Crippen LogP contribution in [0.5, 0.6) is 0 Å². The lowest BCUT2D eigenvalue weighted by atomic mass is 10.3. The predicted molar refractivity (Wildman–Crippen MR) is 71.0 cm³/mol. The van der Waals surface area contributed by atoms with Crippen molar-refractivity contribution in [3.8, 4) is 0 Å². The van der Waals surface area contributed by atoms with Crippen molar-refractivity contribution in [1.29, 1.82) is 0 Å². The Labute approximate surface area is 114 Å². The lowest BCUT2D eigenvalue weighted by molar-refractivity contribution is -0.384. The normalized spacial score (nSPS) is 9.85. The van der Waals surface area contributed by atoms with Gasteiger partial charge in [-0.1, -0.05) is 12.1 Å². The van der Waals surface area contributed by atoms with Crippen LogP contribution < -0.4 is 10.9 Å². The first-order chi connectivity index (χ1) is 9.58. The minimum Gasteiger partial charge on any atom is -0.292 e. The molecule has 20 heavy (non-hydrogen) atoms. The summed E-state index contributed by atoms with van der Waals surface area (Å²) in [6.07, 6.45) is 2.78. The van der Waals surface area contributed by atoms with Crippen molar-refractivity contribution in [2.24, 2.45) is 0 Å². The van der Waals surface area contributed by atoms with Gasteiger partial charge in [0.1, 0.15) is 11.4 Å². The van der Waals surface area contributed by atoms with E-state index in [1.807, 2.05) is 0 Å². The molecule has 2 rings (SSSR count). The second kappa shape index (κ2) is 5.74. The second-order valence-electron chi connectivity index (χ2n) is 3.90. The molecule has 1 amide bonds. The Kier molecular flexibility index (Phi) is 3.85. The van der Waals surface area contributed by atoms with Gasteiger partial charge in [0.2, 0.25) is 0 Å².